The van der Waals surface area contributed by atoms with Gasteiger partial charge in [0.2, 0.25) is 5.91 Å². The van der Waals surface area contributed by atoms with Crippen molar-refractivity contribution in [1.29, 1.82) is 0 Å². The third-order valence-corrected chi connectivity index (χ3v) is 2.49. The van der Waals surface area contributed by atoms with Crippen LogP contribution >= 0.6 is 0 Å². The zero-order chi connectivity index (χ0) is 15.3. The third-order valence-electron chi connectivity index (χ3n) is 2.49. The van der Waals surface area contributed by atoms with Gasteiger partial charge in [-0.05, 0) is 0 Å². The van der Waals surface area contributed by atoms with Crippen LogP contribution in [0.3, 0.4) is 0 Å². The summed E-state index contributed by atoms with van der Waals surface area (Å²) in [6.45, 7) is 2.64. The number of aliphatic hydroxyl groups excluding tert-OH is 1. The van der Waals surface area contributed by atoms with Gasteiger partial charge in [0.1, 0.15) is 0 Å². The molecule has 0 aliphatic carbocycles. The quantitative estimate of drug-likeness (QED) is 0.368. The molecular formula is C12H22N4O5. The van der Waals surface area contributed by atoms with E-state index in [0.717, 1.165) is 0 Å². The van der Waals surface area contributed by atoms with Gasteiger partial charge in [-0.3, -0.25) is 9.48 Å². The monoisotopic (exact) mass is 302 g/mol. The summed E-state index contributed by atoms with van der Waals surface area (Å²) in [6, 6.07) is 0. The number of aromatic nitrogens is 3. The first-order chi connectivity index (χ1) is 10.2. The molecule has 0 bridgehead atoms. The van der Waals surface area contributed by atoms with E-state index in [1.54, 1.807) is 17.1 Å². The van der Waals surface area contributed by atoms with E-state index in [1.807, 2.05) is 0 Å². The number of rotatable bonds is 12. The highest BCUT2D eigenvalue weighted by atomic mass is 16.6. The number of aliphatic hydroxyl groups is 1. The summed E-state index contributed by atoms with van der Waals surface area (Å²) in [4.78, 5) is 10.9. The number of amides is 1. The maximum atomic E-state index is 10.9. The molecule has 0 radical (unpaired) electrons. The molecule has 9 heteroatoms. The Hall–Kier alpha value is -1.55. The molecule has 120 valence electrons. The number of hydrogen-bond donors (Lipinski definition) is 2. The number of nitrogens with one attached hydrogen (secondary N) is 1. The molecule has 1 amide bonds. The lowest BCUT2D eigenvalue weighted by molar-refractivity contribution is -0.141. The minimum Gasteiger partial charge on any atom is -0.377 e. The SMILES string of the molecule is CNC(=O)CC(O)OCCOCCOCCn1ccnn1. The predicted molar refractivity (Wildman–Crippen MR) is 72.3 cm³/mol. The van der Waals surface area contributed by atoms with Crippen LogP contribution in [0.1, 0.15) is 6.42 Å². The molecule has 1 heterocycles. The zero-order valence-corrected chi connectivity index (χ0v) is 12.1. The average Bonchev–Trinajstić information content (AvgIpc) is 2.98. The lowest BCUT2D eigenvalue weighted by Gasteiger charge is -2.11. The molecule has 0 saturated carbocycles. The molecule has 0 spiro atoms. The van der Waals surface area contributed by atoms with Gasteiger partial charge in [0.05, 0.1) is 52.2 Å². The van der Waals surface area contributed by atoms with E-state index in [-0.39, 0.29) is 18.9 Å². The molecule has 0 aliphatic rings. The highest BCUT2D eigenvalue weighted by Gasteiger charge is 2.08. The maximum absolute atomic E-state index is 10.9. The fourth-order valence-electron chi connectivity index (χ4n) is 1.39. The van der Waals surface area contributed by atoms with Crippen molar-refractivity contribution in [1.82, 2.24) is 20.3 Å². The Morgan fingerprint density at radius 3 is 2.67 bits per heavy atom. The van der Waals surface area contributed by atoms with Crippen molar-refractivity contribution in [3.63, 3.8) is 0 Å². The largest absolute Gasteiger partial charge is 0.377 e. The second-order valence-corrected chi connectivity index (χ2v) is 4.09. The topological polar surface area (TPSA) is 108 Å². The van der Waals surface area contributed by atoms with E-state index < -0.39 is 6.29 Å². The first-order valence-electron chi connectivity index (χ1n) is 6.72. The normalized spacial score (nSPS) is 12.3. The van der Waals surface area contributed by atoms with Gasteiger partial charge in [-0.15, -0.1) is 5.10 Å². The first kappa shape index (κ1) is 17.5. The summed E-state index contributed by atoms with van der Waals surface area (Å²) in [6.07, 6.45) is 2.19. The summed E-state index contributed by atoms with van der Waals surface area (Å²) in [5.74, 6) is -0.274. The van der Waals surface area contributed by atoms with Gasteiger partial charge in [0.15, 0.2) is 6.29 Å². The Labute approximate surface area is 123 Å². The Kier molecular flexibility index (Phi) is 9.29. The number of carbonyl (C=O) groups excluding carboxylic acids is 1. The molecule has 0 saturated heterocycles. The van der Waals surface area contributed by atoms with Crippen LogP contribution in [-0.4, -0.2) is 72.4 Å². The summed E-state index contributed by atoms with van der Waals surface area (Å²) in [7, 11) is 1.50. The second kappa shape index (κ2) is 11.1. The van der Waals surface area contributed by atoms with Crippen LogP contribution in [-0.2, 0) is 25.5 Å². The Bertz CT molecular complexity index is 374. The molecule has 1 atom stereocenters. The number of carbonyl (C=O) groups is 1. The zero-order valence-electron chi connectivity index (χ0n) is 12.1. The van der Waals surface area contributed by atoms with Crippen LogP contribution in [0.15, 0.2) is 12.4 Å². The van der Waals surface area contributed by atoms with E-state index in [9.17, 15) is 9.90 Å². The number of nitrogens with zero attached hydrogens (tertiary/aromatic N) is 3. The highest BCUT2D eigenvalue weighted by Crippen LogP contribution is 1.94. The predicted octanol–water partition coefficient (Wildman–Crippen LogP) is -1.22. The van der Waals surface area contributed by atoms with Gasteiger partial charge in [0.25, 0.3) is 0 Å². The first-order valence-corrected chi connectivity index (χ1v) is 6.72. The van der Waals surface area contributed by atoms with Crippen LogP contribution in [0.2, 0.25) is 0 Å². The number of ether oxygens (including phenoxy) is 3. The van der Waals surface area contributed by atoms with Gasteiger partial charge in [0, 0.05) is 13.2 Å². The maximum Gasteiger partial charge on any atom is 0.224 e. The van der Waals surface area contributed by atoms with Crippen molar-refractivity contribution in [3.05, 3.63) is 12.4 Å². The van der Waals surface area contributed by atoms with E-state index in [1.165, 1.54) is 7.05 Å². The van der Waals surface area contributed by atoms with Crippen LogP contribution in [0.5, 0.6) is 0 Å². The van der Waals surface area contributed by atoms with E-state index >= 15 is 0 Å². The van der Waals surface area contributed by atoms with Crippen molar-refractivity contribution in [2.45, 2.75) is 19.3 Å². The molecule has 2 N–H and O–H groups in total. The van der Waals surface area contributed by atoms with Crippen LogP contribution in [0, 0.1) is 0 Å². The Balaban J connectivity index is 1.83. The van der Waals surface area contributed by atoms with Crippen molar-refractivity contribution in [2.75, 3.05) is 40.1 Å². The van der Waals surface area contributed by atoms with E-state index in [4.69, 9.17) is 14.2 Å². The minimum atomic E-state index is -1.10. The fraction of sp³-hybridized carbons (Fsp3) is 0.750. The lowest BCUT2D eigenvalue weighted by atomic mass is 10.4. The second-order valence-electron chi connectivity index (χ2n) is 4.09. The highest BCUT2D eigenvalue weighted by molar-refractivity contribution is 5.75. The standard InChI is InChI=1S/C12H22N4O5/c1-13-11(17)10-12(18)21-9-8-20-7-6-19-5-4-16-3-2-14-15-16/h2-3,12,18H,4-10H2,1H3,(H,13,17). The van der Waals surface area contributed by atoms with E-state index in [0.29, 0.717) is 33.0 Å². The van der Waals surface area contributed by atoms with Crippen molar-refractivity contribution in [3.8, 4) is 0 Å². The van der Waals surface area contributed by atoms with Crippen molar-refractivity contribution in [2.24, 2.45) is 0 Å². The van der Waals surface area contributed by atoms with E-state index in [2.05, 4.69) is 15.6 Å². The minimum absolute atomic E-state index is 0.0815. The average molecular weight is 302 g/mol. The fourth-order valence-corrected chi connectivity index (χ4v) is 1.39. The van der Waals surface area contributed by atoms with Crippen LogP contribution < -0.4 is 5.32 Å². The molecule has 1 rings (SSSR count). The van der Waals surface area contributed by atoms with Gasteiger partial charge >= 0.3 is 0 Å². The number of hydrogen-bond acceptors (Lipinski definition) is 7. The molecule has 1 unspecified atom stereocenters. The van der Waals surface area contributed by atoms with Crippen molar-refractivity contribution < 1.29 is 24.1 Å². The Morgan fingerprint density at radius 2 is 2.00 bits per heavy atom. The van der Waals surface area contributed by atoms with Gasteiger partial charge in [-0.1, -0.05) is 5.21 Å². The summed E-state index contributed by atoms with van der Waals surface area (Å²) >= 11 is 0. The third kappa shape index (κ3) is 9.08. The molecular weight excluding hydrogens is 280 g/mol. The molecule has 21 heavy (non-hydrogen) atoms. The molecule has 0 aromatic carbocycles. The smallest absolute Gasteiger partial charge is 0.224 e. The van der Waals surface area contributed by atoms with Crippen molar-refractivity contribution >= 4 is 5.91 Å². The summed E-state index contributed by atoms with van der Waals surface area (Å²) in [5, 5.41) is 19.2. The van der Waals surface area contributed by atoms with Gasteiger partial charge in [-0.25, -0.2) is 0 Å². The van der Waals surface area contributed by atoms with Gasteiger partial charge in [-0.2, -0.15) is 0 Å². The molecule has 0 fully saturated rings. The van der Waals surface area contributed by atoms with Gasteiger partial charge < -0.3 is 24.6 Å². The molecule has 9 nitrogen and oxygen atoms in total. The summed E-state index contributed by atoms with van der Waals surface area (Å²) < 4.78 is 17.3. The molecule has 0 aliphatic heterocycles. The van der Waals surface area contributed by atoms with Crippen LogP contribution in [0.4, 0.5) is 0 Å². The summed E-state index contributed by atoms with van der Waals surface area (Å²) in [5.41, 5.74) is 0. The van der Waals surface area contributed by atoms with Crippen LogP contribution in [0.25, 0.3) is 0 Å². The lowest BCUT2D eigenvalue weighted by Crippen LogP contribution is -2.26. The Morgan fingerprint density at radius 1 is 1.29 bits per heavy atom. The molecule has 1 aromatic rings. The molecule has 1 aromatic heterocycles.